The van der Waals surface area contributed by atoms with Gasteiger partial charge in [0.05, 0.1) is 31.4 Å². The van der Waals surface area contributed by atoms with Gasteiger partial charge in [-0.05, 0) is 12.1 Å². The number of carbonyl (C=O) groups excluding carboxylic acids is 1. The van der Waals surface area contributed by atoms with Gasteiger partial charge < -0.3 is 9.57 Å². The Balaban J connectivity index is 1.87. The first-order valence-electron chi connectivity index (χ1n) is 8.69. The van der Waals surface area contributed by atoms with Crippen LogP contribution in [0.3, 0.4) is 0 Å². The van der Waals surface area contributed by atoms with E-state index in [0.29, 0.717) is 41.0 Å². The fourth-order valence-corrected chi connectivity index (χ4v) is 3.96. The van der Waals surface area contributed by atoms with Crippen molar-refractivity contribution in [1.29, 1.82) is 0 Å². The van der Waals surface area contributed by atoms with Gasteiger partial charge >= 0.3 is 0 Å². The Morgan fingerprint density at radius 1 is 1.40 bits per heavy atom. The number of aromatic nitrogens is 1. The molecule has 10 nitrogen and oxygen atoms in total. The minimum atomic E-state index is -3.85. The Labute approximate surface area is 176 Å². The molecule has 1 aliphatic rings. The monoisotopic (exact) mass is 458 g/mol. The smallest absolute Gasteiger partial charge is 0.280 e. The van der Waals surface area contributed by atoms with Gasteiger partial charge in [-0.15, -0.1) is 0 Å². The zero-order valence-electron chi connectivity index (χ0n) is 16.1. The van der Waals surface area contributed by atoms with Gasteiger partial charge in [0.1, 0.15) is 0 Å². The summed E-state index contributed by atoms with van der Waals surface area (Å²) in [4.78, 5) is 26.6. The van der Waals surface area contributed by atoms with Crippen LogP contribution in [0.4, 0.5) is 9.52 Å². The summed E-state index contributed by atoms with van der Waals surface area (Å²) in [6.07, 6.45) is 1.30. The van der Waals surface area contributed by atoms with Gasteiger partial charge in [0.15, 0.2) is 22.1 Å². The zero-order valence-corrected chi connectivity index (χ0v) is 17.7. The Morgan fingerprint density at radius 3 is 2.70 bits per heavy atom. The summed E-state index contributed by atoms with van der Waals surface area (Å²) in [7, 11) is -1.36. The maximum absolute atomic E-state index is 13.2. The second-order valence-corrected chi connectivity index (χ2v) is 8.99. The van der Waals surface area contributed by atoms with Crippen LogP contribution in [0.25, 0.3) is 0 Å². The molecule has 0 unspecified atom stereocenters. The minimum Gasteiger partial charge on any atom is -0.389 e. The number of nitrogens with zero attached hydrogens (tertiary/aromatic N) is 3. The first kappa shape index (κ1) is 22.2. The molecule has 0 radical (unpaired) electrons. The number of ether oxygens (including phenoxy) is 1. The van der Waals surface area contributed by atoms with Crippen LogP contribution in [0.5, 0.6) is 0 Å². The SMILES string of the molecule is CON(C)S(=O)(=O)c1ccc(/C(=N\O[C@@H]2CCOC2)C(=O)Nc2ncc(F)s2)cc1. The van der Waals surface area contributed by atoms with Crippen LogP contribution in [0, 0.1) is 5.13 Å². The first-order chi connectivity index (χ1) is 14.3. The highest BCUT2D eigenvalue weighted by Gasteiger charge is 2.24. The highest BCUT2D eigenvalue weighted by atomic mass is 32.2. The standard InChI is InChI=1S/C17H19FN4O6S2/c1-22(26-2)30(24,25)13-5-3-11(4-6-13)15(21-28-12-7-8-27-10-12)16(23)20-17-19-9-14(18)29-17/h3-6,9,12H,7-8,10H2,1-2H3,(H,19,20,23)/b21-15+/t12-/m1/s1. The lowest BCUT2D eigenvalue weighted by Crippen LogP contribution is -2.27. The van der Waals surface area contributed by atoms with Crippen LogP contribution in [0.15, 0.2) is 40.5 Å². The summed E-state index contributed by atoms with van der Waals surface area (Å²) in [5.74, 6) is -0.687. The van der Waals surface area contributed by atoms with Crippen molar-refractivity contribution >= 4 is 38.1 Å². The van der Waals surface area contributed by atoms with E-state index in [1.165, 1.54) is 38.4 Å². The summed E-state index contributed by atoms with van der Waals surface area (Å²) < 4.78 is 43.8. The summed E-state index contributed by atoms with van der Waals surface area (Å²) >= 11 is 0.659. The van der Waals surface area contributed by atoms with E-state index in [1.54, 1.807) is 0 Å². The van der Waals surface area contributed by atoms with Crippen molar-refractivity contribution in [2.45, 2.75) is 17.4 Å². The average molecular weight is 458 g/mol. The van der Waals surface area contributed by atoms with Crippen molar-refractivity contribution in [2.24, 2.45) is 5.16 Å². The Hall–Kier alpha value is -2.45. The number of amides is 1. The quantitative estimate of drug-likeness (QED) is 0.471. The van der Waals surface area contributed by atoms with Gasteiger partial charge in [-0.3, -0.25) is 14.9 Å². The fraction of sp³-hybridized carbons (Fsp3) is 0.353. The van der Waals surface area contributed by atoms with Gasteiger partial charge in [0, 0.05) is 19.0 Å². The number of hydrogen-bond acceptors (Lipinski definition) is 9. The number of hydrogen-bond donors (Lipinski definition) is 1. The van der Waals surface area contributed by atoms with Crippen LogP contribution < -0.4 is 5.32 Å². The van der Waals surface area contributed by atoms with Gasteiger partial charge in [0.25, 0.3) is 15.9 Å². The van der Waals surface area contributed by atoms with Crippen molar-refractivity contribution in [2.75, 3.05) is 32.7 Å². The molecule has 1 saturated heterocycles. The molecule has 0 saturated carbocycles. The topological polar surface area (TPSA) is 119 Å². The van der Waals surface area contributed by atoms with E-state index in [4.69, 9.17) is 14.4 Å². The van der Waals surface area contributed by atoms with Crippen molar-refractivity contribution < 1.29 is 32.0 Å². The van der Waals surface area contributed by atoms with Gasteiger partial charge in [-0.25, -0.2) is 13.4 Å². The summed E-state index contributed by atoms with van der Waals surface area (Å²) in [6, 6.07) is 5.44. The number of anilines is 1. The molecule has 3 rings (SSSR count). The fourth-order valence-electron chi connectivity index (χ4n) is 2.45. The van der Waals surface area contributed by atoms with Crippen molar-refractivity contribution in [3.8, 4) is 0 Å². The molecule has 13 heteroatoms. The molecule has 1 amide bonds. The van der Waals surface area contributed by atoms with Gasteiger partial charge in [-0.1, -0.05) is 33.1 Å². The molecule has 162 valence electrons. The molecule has 1 atom stereocenters. The molecule has 0 spiro atoms. The third kappa shape index (κ3) is 5.17. The van der Waals surface area contributed by atoms with Crippen LogP contribution >= 0.6 is 11.3 Å². The largest absolute Gasteiger partial charge is 0.389 e. The number of hydroxylamine groups is 1. The molecule has 1 N–H and O–H groups in total. The predicted molar refractivity (Wildman–Crippen MR) is 106 cm³/mol. The predicted octanol–water partition coefficient (Wildman–Crippen LogP) is 1.61. The molecule has 2 heterocycles. The van der Waals surface area contributed by atoms with E-state index in [2.05, 4.69) is 15.5 Å². The molecule has 0 aliphatic carbocycles. The third-order valence-corrected chi connectivity index (χ3v) is 6.51. The van der Waals surface area contributed by atoms with E-state index in [-0.39, 0.29) is 21.8 Å². The molecular formula is C17H19FN4O6S2. The number of benzene rings is 1. The summed E-state index contributed by atoms with van der Waals surface area (Å²) in [6.45, 7) is 0.871. The Kier molecular flexibility index (Phi) is 7.10. The van der Waals surface area contributed by atoms with Crippen LogP contribution in [-0.4, -0.2) is 63.0 Å². The average Bonchev–Trinajstić information content (AvgIpc) is 3.39. The number of sulfonamides is 1. The lowest BCUT2D eigenvalue weighted by atomic mass is 10.1. The lowest BCUT2D eigenvalue weighted by molar-refractivity contribution is -0.110. The Morgan fingerprint density at radius 2 is 2.13 bits per heavy atom. The number of thiazole rings is 1. The first-order valence-corrected chi connectivity index (χ1v) is 10.9. The third-order valence-electron chi connectivity index (χ3n) is 4.12. The highest BCUT2D eigenvalue weighted by Crippen LogP contribution is 2.19. The second kappa shape index (κ2) is 9.57. The van der Waals surface area contributed by atoms with Gasteiger partial charge in [0.2, 0.25) is 0 Å². The molecule has 1 aliphatic heterocycles. The zero-order chi connectivity index (χ0) is 21.7. The number of rotatable bonds is 8. The number of carbonyl (C=O) groups is 1. The second-order valence-electron chi connectivity index (χ2n) is 6.08. The molecule has 1 fully saturated rings. The van der Waals surface area contributed by atoms with Crippen molar-refractivity contribution in [1.82, 2.24) is 9.45 Å². The van der Waals surface area contributed by atoms with E-state index in [1.807, 2.05) is 0 Å². The maximum atomic E-state index is 13.2. The molecule has 30 heavy (non-hydrogen) atoms. The molecule has 1 aromatic carbocycles. The van der Waals surface area contributed by atoms with Crippen LogP contribution in [0.1, 0.15) is 12.0 Å². The number of nitrogens with one attached hydrogen (secondary N) is 1. The highest BCUT2D eigenvalue weighted by molar-refractivity contribution is 7.89. The molecule has 0 bridgehead atoms. The summed E-state index contributed by atoms with van der Waals surface area (Å²) in [5, 5.41) is 5.89. The maximum Gasteiger partial charge on any atom is 0.280 e. The van der Waals surface area contributed by atoms with Crippen molar-refractivity contribution in [3.05, 3.63) is 41.2 Å². The Bertz CT molecular complexity index is 1020. The number of oxime groups is 1. The minimum absolute atomic E-state index is 0.0394. The van der Waals surface area contributed by atoms with Crippen molar-refractivity contribution in [3.63, 3.8) is 0 Å². The van der Waals surface area contributed by atoms with E-state index in [0.717, 1.165) is 6.20 Å². The molecule has 1 aromatic heterocycles. The molecule has 2 aromatic rings. The van der Waals surface area contributed by atoms with Crippen LogP contribution in [0.2, 0.25) is 0 Å². The summed E-state index contributed by atoms with van der Waals surface area (Å²) in [5.41, 5.74) is 0.170. The van der Waals surface area contributed by atoms with E-state index >= 15 is 0 Å². The number of halogens is 1. The van der Waals surface area contributed by atoms with Crippen LogP contribution in [-0.2, 0) is 29.2 Å². The van der Waals surface area contributed by atoms with E-state index < -0.39 is 21.1 Å². The normalized spacial score (nSPS) is 17.3. The van der Waals surface area contributed by atoms with Gasteiger partial charge in [-0.2, -0.15) is 4.39 Å². The molecular weight excluding hydrogens is 439 g/mol. The van der Waals surface area contributed by atoms with E-state index in [9.17, 15) is 17.6 Å². The lowest BCUT2D eigenvalue weighted by Gasteiger charge is -2.14.